The van der Waals surface area contributed by atoms with Gasteiger partial charge < -0.3 is 23.7 Å². The van der Waals surface area contributed by atoms with Gasteiger partial charge in [-0.2, -0.15) is 0 Å². The highest BCUT2D eigenvalue weighted by Crippen LogP contribution is 2.70. The van der Waals surface area contributed by atoms with Crippen LogP contribution >= 0.6 is 0 Å². The average Bonchev–Trinajstić information content (AvgIpc) is 3.47. The number of allylic oxidation sites excluding steroid dienone is 1. The summed E-state index contributed by atoms with van der Waals surface area (Å²) in [7, 11) is 0. The number of esters is 1. The Labute approximate surface area is 164 Å². The number of hydrogen-bond donors (Lipinski definition) is 0. The summed E-state index contributed by atoms with van der Waals surface area (Å²) in [5, 5.41) is 0. The van der Waals surface area contributed by atoms with Gasteiger partial charge in [-0.1, -0.05) is 11.6 Å². The van der Waals surface area contributed by atoms with Crippen molar-refractivity contribution >= 4 is 5.97 Å². The number of rotatable bonds is 0. The minimum atomic E-state index is -0.722. The Hall–Kier alpha value is -0.950. The molecule has 3 spiro atoms. The topological polar surface area (TPSA) is 63.2 Å². The van der Waals surface area contributed by atoms with E-state index in [1.807, 2.05) is 0 Å². The summed E-state index contributed by atoms with van der Waals surface area (Å²) < 4.78 is 30.4. The van der Waals surface area contributed by atoms with Crippen LogP contribution in [0.3, 0.4) is 0 Å². The Balaban J connectivity index is 1.26. The molecule has 28 heavy (non-hydrogen) atoms. The molecular formula is C22H28O6. The molecule has 0 unspecified atom stereocenters. The molecule has 6 nitrogen and oxygen atoms in total. The molecule has 3 saturated heterocycles. The summed E-state index contributed by atoms with van der Waals surface area (Å²) in [6.45, 7) is 2.60. The van der Waals surface area contributed by atoms with Crippen LogP contribution in [0.25, 0.3) is 0 Å². The van der Waals surface area contributed by atoms with E-state index in [0.29, 0.717) is 50.1 Å². The summed E-state index contributed by atoms with van der Waals surface area (Å²) in [6, 6.07) is 0. The monoisotopic (exact) mass is 388 g/mol. The summed E-state index contributed by atoms with van der Waals surface area (Å²) in [6.07, 6.45) is 9.00. The molecule has 0 aromatic rings. The maximum atomic E-state index is 13.3. The van der Waals surface area contributed by atoms with Gasteiger partial charge in [0.2, 0.25) is 0 Å². The Morgan fingerprint density at radius 1 is 0.964 bits per heavy atom. The van der Waals surface area contributed by atoms with Crippen molar-refractivity contribution in [3.63, 3.8) is 0 Å². The van der Waals surface area contributed by atoms with E-state index in [1.165, 1.54) is 5.57 Å². The summed E-state index contributed by atoms with van der Waals surface area (Å²) in [5.74, 6) is 0.573. The van der Waals surface area contributed by atoms with E-state index >= 15 is 0 Å². The molecule has 4 aliphatic carbocycles. The largest absolute Gasteiger partial charge is 0.461 e. The third-order valence-corrected chi connectivity index (χ3v) is 9.15. The third kappa shape index (κ3) is 1.83. The molecule has 0 aromatic heterocycles. The quantitative estimate of drug-likeness (QED) is 0.469. The first-order chi connectivity index (χ1) is 13.7. The van der Waals surface area contributed by atoms with Crippen LogP contribution in [-0.2, 0) is 28.5 Å². The van der Waals surface area contributed by atoms with E-state index in [-0.39, 0.29) is 17.9 Å². The lowest BCUT2D eigenvalue weighted by molar-refractivity contribution is -0.233. The molecule has 2 bridgehead atoms. The number of ether oxygens (including phenoxy) is 5. The van der Waals surface area contributed by atoms with E-state index in [9.17, 15) is 4.79 Å². The van der Waals surface area contributed by atoms with Crippen LogP contribution in [0, 0.1) is 29.1 Å². The number of hydrogen-bond acceptors (Lipinski definition) is 6. The minimum absolute atomic E-state index is 0.00434. The van der Waals surface area contributed by atoms with Gasteiger partial charge in [-0.3, -0.25) is 4.79 Å². The van der Waals surface area contributed by atoms with Crippen LogP contribution in [0.1, 0.15) is 44.9 Å². The van der Waals surface area contributed by atoms with Crippen LogP contribution in [0.5, 0.6) is 0 Å². The van der Waals surface area contributed by atoms with Gasteiger partial charge in [-0.05, 0) is 37.0 Å². The average molecular weight is 388 g/mol. The predicted octanol–water partition coefficient (Wildman–Crippen LogP) is 2.56. The molecule has 6 fully saturated rings. The zero-order valence-corrected chi connectivity index (χ0v) is 16.2. The van der Waals surface area contributed by atoms with Gasteiger partial charge in [-0.25, -0.2) is 0 Å². The number of carbonyl (C=O) groups is 1. The molecule has 3 aliphatic heterocycles. The van der Waals surface area contributed by atoms with Crippen LogP contribution in [0.2, 0.25) is 0 Å². The lowest BCUT2D eigenvalue weighted by Gasteiger charge is -2.52. The molecule has 152 valence electrons. The SMILES string of the molecule is O=C1O[C@H]2C[C@]13[C@@H](CCC31OCCO1)[C@@H]1CC=C3CC4(CC[C@@H]3[C@H]12)OCCO4. The van der Waals surface area contributed by atoms with Gasteiger partial charge in [0, 0.05) is 31.6 Å². The van der Waals surface area contributed by atoms with E-state index in [2.05, 4.69) is 6.08 Å². The highest BCUT2D eigenvalue weighted by Gasteiger charge is 2.77. The van der Waals surface area contributed by atoms with Gasteiger partial charge in [0.1, 0.15) is 11.5 Å². The number of fused-ring (bicyclic) bond motifs is 6. The number of carbonyl (C=O) groups excluding carboxylic acids is 1. The standard InChI is InChI=1S/C22H28O6/c23-19-21-12-17(28-19)18-14-3-5-20(24-7-8-25-20)11-13(14)1-2-15(18)16(21)4-6-22(21)26-9-10-27-22/h1,14-18H,2-12H2/t14-,15-,16-,17-,18+,21-/m0/s1. The van der Waals surface area contributed by atoms with Crippen molar-refractivity contribution in [3.05, 3.63) is 11.6 Å². The molecule has 7 rings (SSSR count). The van der Waals surface area contributed by atoms with Crippen LogP contribution < -0.4 is 0 Å². The molecular weight excluding hydrogens is 360 g/mol. The molecule has 0 radical (unpaired) electrons. The smallest absolute Gasteiger partial charge is 0.318 e. The highest BCUT2D eigenvalue weighted by molar-refractivity contribution is 5.82. The van der Waals surface area contributed by atoms with Crippen molar-refractivity contribution < 1.29 is 28.5 Å². The summed E-state index contributed by atoms with van der Waals surface area (Å²) in [5.41, 5.74) is 0.903. The summed E-state index contributed by atoms with van der Waals surface area (Å²) >= 11 is 0. The molecule has 7 aliphatic rings. The Kier molecular flexibility index (Phi) is 3.24. The summed E-state index contributed by atoms with van der Waals surface area (Å²) in [4.78, 5) is 13.3. The van der Waals surface area contributed by atoms with Crippen molar-refractivity contribution in [3.8, 4) is 0 Å². The van der Waals surface area contributed by atoms with Gasteiger partial charge >= 0.3 is 5.97 Å². The molecule has 0 amide bonds. The minimum Gasteiger partial charge on any atom is -0.461 e. The van der Waals surface area contributed by atoms with Crippen molar-refractivity contribution in [2.75, 3.05) is 26.4 Å². The van der Waals surface area contributed by atoms with Crippen LogP contribution in [0.4, 0.5) is 0 Å². The molecule has 0 N–H and O–H groups in total. The van der Waals surface area contributed by atoms with E-state index < -0.39 is 11.2 Å². The second-order valence-corrected chi connectivity index (χ2v) is 9.90. The first-order valence-corrected chi connectivity index (χ1v) is 11.1. The maximum Gasteiger partial charge on any atom is 0.318 e. The van der Waals surface area contributed by atoms with Crippen molar-refractivity contribution in [1.82, 2.24) is 0 Å². The van der Waals surface area contributed by atoms with Gasteiger partial charge in [0.25, 0.3) is 0 Å². The third-order valence-electron chi connectivity index (χ3n) is 9.15. The zero-order valence-electron chi connectivity index (χ0n) is 16.2. The molecule has 3 heterocycles. The van der Waals surface area contributed by atoms with Crippen molar-refractivity contribution in [1.29, 1.82) is 0 Å². The van der Waals surface area contributed by atoms with E-state index in [4.69, 9.17) is 23.7 Å². The fraction of sp³-hybridized carbons (Fsp3) is 0.864. The molecule has 6 heteroatoms. The second kappa shape index (κ2) is 5.39. The molecule has 0 aromatic carbocycles. The fourth-order valence-corrected chi connectivity index (χ4v) is 8.26. The normalized spacial score (nSPS) is 49.6. The van der Waals surface area contributed by atoms with Crippen molar-refractivity contribution in [2.45, 2.75) is 62.6 Å². The Morgan fingerprint density at radius 3 is 2.57 bits per heavy atom. The van der Waals surface area contributed by atoms with E-state index in [1.54, 1.807) is 0 Å². The first kappa shape index (κ1) is 16.8. The van der Waals surface area contributed by atoms with Gasteiger partial charge in [0.05, 0.1) is 26.4 Å². The predicted molar refractivity (Wildman–Crippen MR) is 95.9 cm³/mol. The Bertz CT molecular complexity index is 748. The van der Waals surface area contributed by atoms with Crippen LogP contribution in [0.15, 0.2) is 11.6 Å². The van der Waals surface area contributed by atoms with Crippen molar-refractivity contribution in [2.24, 2.45) is 29.1 Å². The van der Waals surface area contributed by atoms with E-state index in [0.717, 1.165) is 44.9 Å². The first-order valence-electron chi connectivity index (χ1n) is 11.1. The maximum absolute atomic E-state index is 13.3. The zero-order chi connectivity index (χ0) is 18.6. The fourth-order valence-electron chi connectivity index (χ4n) is 8.26. The van der Waals surface area contributed by atoms with Crippen LogP contribution in [-0.4, -0.2) is 50.1 Å². The lowest BCUT2D eigenvalue weighted by Crippen LogP contribution is -2.57. The lowest BCUT2D eigenvalue weighted by atomic mass is 9.52. The highest BCUT2D eigenvalue weighted by atomic mass is 16.7. The van der Waals surface area contributed by atoms with Gasteiger partial charge in [-0.15, -0.1) is 0 Å². The second-order valence-electron chi connectivity index (χ2n) is 9.90. The van der Waals surface area contributed by atoms with Gasteiger partial charge in [0.15, 0.2) is 11.6 Å². The molecule has 3 saturated carbocycles. The molecule has 6 atom stereocenters. The Morgan fingerprint density at radius 2 is 1.75 bits per heavy atom.